The molecule has 0 unspecified atom stereocenters. The lowest BCUT2D eigenvalue weighted by Crippen LogP contribution is -2.37. The Labute approximate surface area is 146 Å². The van der Waals surface area contributed by atoms with Crippen molar-refractivity contribution in [2.45, 2.75) is 17.7 Å². The van der Waals surface area contributed by atoms with Gasteiger partial charge in [0, 0.05) is 15.4 Å². The van der Waals surface area contributed by atoms with Crippen LogP contribution in [0.15, 0.2) is 33.7 Å². The summed E-state index contributed by atoms with van der Waals surface area (Å²) >= 11 is 4.66. The number of hydrogen-bond acceptors (Lipinski definition) is 5. The Morgan fingerprint density at radius 2 is 2.09 bits per heavy atom. The highest BCUT2D eigenvalue weighted by molar-refractivity contribution is 9.10. The second-order valence-electron chi connectivity index (χ2n) is 5.27. The van der Waals surface area contributed by atoms with Gasteiger partial charge in [0.05, 0.1) is 23.6 Å². The van der Waals surface area contributed by atoms with Gasteiger partial charge in [-0.05, 0) is 24.3 Å². The molecule has 0 bridgehead atoms. The Balaban J connectivity index is 1.99. The minimum atomic E-state index is -3.08. The second-order valence-corrected chi connectivity index (χ2v) is 9.55. The number of amides is 1. The van der Waals surface area contributed by atoms with Crippen LogP contribution in [0.25, 0.3) is 0 Å². The van der Waals surface area contributed by atoms with Gasteiger partial charge in [-0.1, -0.05) is 27.7 Å². The molecular weight excluding hydrogens is 402 g/mol. The fourth-order valence-corrected chi connectivity index (χ4v) is 6.88. The normalized spacial score (nSPS) is 27.0. The molecule has 0 saturated carbocycles. The van der Waals surface area contributed by atoms with Gasteiger partial charge in [-0.25, -0.2) is 8.42 Å². The topological polar surface area (TPSA) is 90.6 Å². The third kappa shape index (κ3) is 3.44. The largest absolute Gasteiger partial charge is 0.316 e. The Morgan fingerprint density at radius 3 is 2.74 bits per heavy atom. The van der Waals surface area contributed by atoms with Crippen LogP contribution in [0.1, 0.15) is 6.42 Å². The molecular formula is C14H12BrN3O3S2. The zero-order chi connectivity index (χ0) is 16.6. The number of thioether (sulfide) groups is 1. The van der Waals surface area contributed by atoms with Gasteiger partial charge >= 0.3 is 0 Å². The number of nitriles is 1. The zero-order valence-corrected chi connectivity index (χ0v) is 15.1. The van der Waals surface area contributed by atoms with Gasteiger partial charge in [0.1, 0.15) is 6.42 Å². The first-order valence-corrected chi connectivity index (χ1v) is 10.3. The van der Waals surface area contributed by atoms with Crippen LogP contribution in [0.3, 0.4) is 0 Å². The predicted molar refractivity (Wildman–Crippen MR) is 93.1 cm³/mol. The summed E-state index contributed by atoms with van der Waals surface area (Å²) in [7, 11) is -3.08. The minimum Gasteiger partial charge on any atom is -0.316 e. The zero-order valence-electron chi connectivity index (χ0n) is 11.8. The number of carbonyl (C=O) groups is 1. The van der Waals surface area contributed by atoms with Crippen LogP contribution in [0, 0.1) is 11.3 Å². The molecule has 2 fully saturated rings. The van der Waals surface area contributed by atoms with E-state index >= 15 is 0 Å². The molecule has 2 aliphatic rings. The summed E-state index contributed by atoms with van der Waals surface area (Å²) in [6, 6.07) is 8.95. The van der Waals surface area contributed by atoms with Gasteiger partial charge in [0.25, 0.3) is 5.91 Å². The summed E-state index contributed by atoms with van der Waals surface area (Å²) in [5.74, 6) is -0.382. The average molecular weight is 414 g/mol. The molecule has 0 aromatic heterocycles. The third-order valence-electron chi connectivity index (χ3n) is 3.62. The molecule has 23 heavy (non-hydrogen) atoms. The first-order chi connectivity index (χ1) is 10.9. The SMILES string of the molecule is N#CCC(=O)N=C1S[C@H]2CS(=O)(=O)C[C@@H]2N1c1ccc(Br)cc1. The maximum absolute atomic E-state index is 11.9. The summed E-state index contributed by atoms with van der Waals surface area (Å²) in [5, 5.41) is 8.94. The van der Waals surface area contributed by atoms with Crippen LogP contribution in [0.4, 0.5) is 5.69 Å². The van der Waals surface area contributed by atoms with Gasteiger partial charge in [-0.2, -0.15) is 10.3 Å². The molecule has 6 nitrogen and oxygen atoms in total. The number of anilines is 1. The van der Waals surface area contributed by atoms with Crippen molar-refractivity contribution in [3.8, 4) is 6.07 Å². The summed E-state index contributed by atoms with van der Waals surface area (Å²) in [4.78, 5) is 17.5. The van der Waals surface area contributed by atoms with Crippen LogP contribution >= 0.6 is 27.7 Å². The van der Waals surface area contributed by atoms with Crippen LogP contribution in [0.5, 0.6) is 0 Å². The summed E-state index contributed by atoms with van der Waals surface area (Å²) in [6.07, 6.45) is -0.286. The van der Waals surface area contributed by atoms with Crippen molar-refractivity contribution in [3.05, 3.63) is 28.7 Å². The van der Waals surface area contributed by atoms with Crippen LogP contribution in [-0.4, -0.2) is 42.3 Å². The van der Waals surface area contributed by atoms with Crippen LogP contribution < -0.4 is 4.90 Å². The van der Waals surface area contributed by atoms with Crippen molar-refractivity contribution < 1.29 is 13.2 Å². The van der Waals surface area contributed by atoms with E-state index in [1.807, 2.05) is 29.2 Å². The van der Waals surface area contributed by atoms with Crippen molar-refractivity contribution in [3.63, 3.8) is 0 Å². The number of hydrogen-bond donors (Lipinski definition) is 0. The van der Waals surface area contributed by atoms with Gasteiger partial charge in [-0.15, -0.1) is 0 Å². The quantitative estimate of drug-likeness (QED) is 0.735. The molecule has 0 N–H and O–H groups in total. The monoisotopic (exact) mass is 413 g/mol. The van der Waals surface area contributed by atoms with Crippen LogP contribution in [-0.2, 0) is 14.6 Å². The van der Waals surface area contributed by atoms with E-state index in [2.05, 4.69) is 20.9 Å². The molecule has 120 valence electrons. The number of halogens is 1. The van der Waals surface area contributed by atoms with Crippen molar-refractivity contribution >= 4 is 54.3 Å². The lowest BCUT2D eigenvalue weighted by atomic mass is 10.2. The van der Waals surface area contributed by atoms with Crippen LogP contribution in [0.2, 0.25) is 0 Å². The van der Waals surface area contributed by atoms with E-state index in [1.165, 1.54) is 11.8 Å². The van der Waals surface area contributed by atoms with E-state index in [-0.39, 0.29) is 29.2 Å². The number of fused-ring (bicyclic) bond motifs is 1. The molecule has 0 aliphatic carbocycles. The fourth-order valence-electron chi connectivity index (χ4n) is 2.68. The second kappa shape index (κ2) is 6.26. The highest BCUT2D eigenvalue weighted by Crippen LogP contribution is 2.41. The molecule has 1 amide bonds. The van der Waals surface area contributed by atoms with E-state index in [9.17, 15) is 13.2 Å². The molecule has 0 spiro atoms. The van der Waals surface area contributed by atoms with E-state index in [4.69, 9.17) is 5.26 Å². The highest BCUT2D eigenvalue weighted by atomic mass is 79.9. The van der Waals surface area contributed by atoms with E-state index in [1.54, 1.807) is 6.07 Å². The number of benzene rings is 1. The van der Waals surface area contributed by atoms with Gasteiger partial charge in [0.2, 0.25) is 0 Å². The molecule has 0 radical (unpaired) electrons. The number of nitrogens with zero attached hydrogens (tertiary/aromatic N) is 3. The first kappa shape index (κ1) is 16.5. The minimum absolute atomic E-state index is 0.0478. The number of rotatable bonds is 2. The summed E-state index contributed by atoms with van der Waals surface area (Å²) in [5.41, 5.74) is 0.786. The Morgan fingerprint density at radius 1 is 1.39 bits per heavy atom. The molecule has 3 rings (SSSR count). The molecule has 1 aromatic carbocycles. The standard InChI is InChI=1S/C14H12BrN3O3S2/c15-9-1-3-10(4-2-9)18-11-7-23(20,21)8-12(11)22-14(18)17-13(19)5-6-16/h1-4,11-12H,5,7-8H2/t11-,12-/m0/s1. The Bertz CT molecular complexity index is 815. The molecule has 2 heterocycles. The summed E-state index contributed by atoms with van der Waals surface area (Å²) in [6.45, 7) is 0. The maximum atomic E-state index is 11.9. The van der Waals surface area contributed by atoms with Crippen molar-refractivity contribution in [1.82, 2.24) is 0 Å². The lowest BCUT2D eigenvalue weighted by Gasteiger charge is -2.24. The van der Waals surface area contributed by atoms with E-state index < -0.39 is 15.7 Å². The predicted octanol–water partition coefficient (Wildman–Crippen LogP) is 1.96. The fraction of sp³-hybridized carbons (Fsp3) is 0.357. The van der Waals surface area contributed by atoms with Gasteiger partial charge in [-0.3, -0.25) is 4.79 Å². The lowest BCUT2D eigenvalue weighted by molar-refractivity contribution is -0.116. The molecule has 9 heteroatoms. The number of carbonyl (C=O) groups excluding carboxylic acids is 1. The molecule has 1 aromatic rings. The number of amidine groups is 1. The van der Waals surface area contributed by atoms with E-state index in [0.29, 0.717) is 5.17 Å². The van der Waals surface area contributed by atoms with Crippen molar-refractivity contribution in [2.24, 2.45) is 4.99 Å². The number of aliphatic imine (C=N–C) groups is 1. The van der Waals surface area contributed by atoms with Gasteiger partial charge < -0.3 is 4.90 Å². The highest BCUT2D eigenvalue weighted by Gasteiger charge is 2.49. The van der Waals surface area contributed by atoms with Crippen molar-refractivity contribution in [1.29, 1.82) is 5.26 Å². The first-order valence-electron chi connectivity index (χ1n) is 6.80. The average Bonchev–Trinajstić information content (AvgIpc) is 2.91. The molecule has 2 saturated heterocycles. The van der Waals surface area contributed by atoms with E-state index in [0.717, 1.165) is 10.2 Å². The Hall–Kier alpha value is -1.37. The molecule has 2 atom stereocenters. The van der Waals surface area contributed by atoms with Gasteiger partial charge in [0.15, 0.2) is 15.0 Å². The van der Waals surface area contributed by atoms with Crippen molar-refractivity contribution in [2.75, 3.05) is 16.4 Å². The Kier molecular flexibility index (Phi) is 4.49. The smallest absolute Gasteiger partial charge is 0.262 e. The third-order valence-corrected chi connectivity index (χ3v) is 7.36. The molecule has 2 aliphatic heterocycles. The summed E-state index contributed by atoms with van der Waals surface area (Å²) < 4.78 is 24.7. The maximum Gasteiger partial charge on any atom is 0.262 e. The number of sulfone groups is 1.